The predicted molar refractivity (Wildman–Crippen MR) is 105 cm³/mol. The second-order valence-corrected chi connectivity index (χ2v) is 7.42. The minimum absolute atomic E-state index is 0.00711. The molecule has 1 amide bonds. The van der Waals surface area contributed by atoms with Crippen LogP contribution in [0.1, 0.15) is 44.9 Å². The molecule has 1 heterocycles. The van der Waals surface area contributed by atoms with Crippen molar-refractivity contribution in [1.82, 2.24) is 16.0 Å². The van der Waals surface area contributed by atoms with Crippen molar-refractivity contribution in [3.63, 3.8) is 0 Å². The van der Waals surface area contributed by atoms with E-state index in [2.05, 4.69) is 59.2 Å². The quantitative estimate of drug-likeness (QED) is 0.462. The van der Waals surface area contributed by atoms with E-state index < -0.39 is 0 Å². The number of ether oxygens (including phenoxy) is 1. The third-order valence-electron chi connectivity index (χ3n) is 3.70. The Balaban J connectivity index is 2.46. The Morgan fingerprint density at radius 1 is 1.28 bits per heavy atom. The number of thiophene rings is 1. The highest BCUT2D eigenvalue weighted by atomic mass is 32.1. The van der Waals surface area contributed by atoms with E-state index in [0.29, 0.717) is 25.0 Å². The van der Waals surface area contributed by atoms with Gasteiger partial charge in [0, 0.05) is 37.0 Å². The highest BCUT2D eigenvalue weighted by Crippen LogP contribution is 2.19. The number of carbonyl (C=O) groups excluding carboxylic acids is 1. The second kappa shape index (κ2) is 11.7. The number of guanidine groups is 1. The molecule has 0 fully saturated rings. The van der Waals surface area contributed by atoms with Crippen LogP contribution in [0.4, 0.5) is 4.79 Å². The number of hydrogen-bond acceptors (Lipinski definition) is 4. The molecule has 0 aliphatic heterocycles. The summed E-state index contributed by atoms with van der Waals surface area (Å²) in [5.41, 5.74) is 0. The first kappa shape index (κ1) is 21.3. The summed E-state index contributed by atoms with van der Waals surface area (Å²) >= 11 is 1.77. The molecular weight excluding hydrogens is 336 g/mol. The van der Waals surface area contributed by atoms with E-state index in [1.807, 2.05) is 0 Å². The summed E-state index contributed by atoms with van der Waals surface area (Å²) in [5.74, 6) is 1.63. The monoisotopic (exact) mass is 368 g/mol. The topological polar surface area (TPSA) is 74.8 Å². The Morgan fingerprint density at radius 3 is 2.56 bits per heavy atom. The first-order valence-corrected chi connectivity index (χ1v) is 9.75. The lowest BCUT2D eigenvalue weighted by Crippen LogP contribution is -2.48. The summed E-state index contributed by atoms with van der Waals surface area (Å²) < 4.78 is 4.98. The van der Waals surface area contributed by atoms with Gasteiger partial charge in [-0.25, -0.2) is 4.79 Å². The summed E-state index contributed by atoms with van der Waals surface area (Å²) in [7, 11) is 1.75. The molecule has 0 aliphatic rings. The van der Waals surface area contributed by atoms with Gasteiger partial charge in [-0.1, -0.05) is 26.8 Å². The molecule has 0 spiro atoms. The lowest BCUT2D eigenvalue weighted by molar-refractivity contribution is 0.146. The van der Waals surface area contributed by atoms with Gasteiger partial charge in [0.05, 0.1) is 6.61 Å². The fraction of sp³-hybridized carbons (Fsp3) is 0.667. The van der Waals surface area contributed by atoms with Crippen LogP contribution in [-0.4, -0.2) is 44.8 Å². The molecule has 1 aromatic heterocycles. The van der Waals surface area contributed by atoms with Crippen molar-refractivity contribution in [1.29, 1.82) is 0 Å². The molecule has 1 rings (SSSR count). The summed E-state index contributed by atoms with van der Waals surface area (Å²) in [6.07, 6.45) is 0.498. The van der Waals surface area contributed by atoms with E-state index >= 15 is 0 Å². The van der Waals surface area contributed by atoms with Crippen LogP contribution in [0, 0.1) is 5.92 Å². The normalized spacial score (nSPS) is 14.1. The van der Waals surface area contributed by atoms with E-state index in [1.54, 1.807) is 25.3 Å². The van der Waals surface area contributed by atoms with Crippen molar-refractivity contribution in [2.24, 2.45) is 10.9 Å². The van der Waals surface area contributed by atoms with E-state index in [-0.39, 0.29) is 12.1 Å². The number of nitrogens with one attached hydrogen (secondary N) is 3. The molecule has 142 valence electrons. The van der Waals surface area contributed by atoms with Crippen LogP contribution >= 0.6 is 11.3 Å². The number of nitrogens with zero attached hydrogens (tertiary/aromatic N) is 1. The summed E-state index contributed by atoms with van der Waals surface area (Å²) in [6, 6.07) is 4.21. The van der Waals surface area contributed by atoms with Gasteiger partial charge in [-0.15, -0.1) is 11.3 Å². The summed E-state index contributed by atoms with van der Waals surface area (Å²) in [5, 5.41) is 11.6. The molecule has 2 unspecified atom stereocenters. The van der Waals surface area contributed by atoms with Gasteiger partial charge < -0.3 is 20.7 Å². The van der Waals surface area contributed by atoms with Crippen molar-refractivity contribution in [2.45, 2.75) is 46.1 Å². The average Bonchev–Trinajstić information content (AvgIpc) is 3.08. The van der Waals surface area contributed by atoms with E-state index in [0.717, 1.165) is 18.9 Å². The molecule has 2 atom stereocenters. The minimum Gasteiger partial charge on any atom is -0.450 e. The smallest absolute Gasteiger partial charge is 0.407 e. The fourth-order valence-electron chi connectivity index (χ4n) is 2.46. The second-order valence-electron chi connectivity index (χ2n) is 6.44. The van der Waals surface area contributed by atoms with E-state index in [9.17, 15) is 4.79 Å². The molecule has 3 N–H and O–H groups in total. The third kappa shape index (κ3) is 8.77. The molecule has 25 heavy (non-hydrogen) atoms. The number of carbonyl (C=O) groups is 1. The molecule has 0 saturated carbocycles. The Labute approximate surface area is 155 Å². The van der Waals surface area contributed by atoms with Crippen LogP contribution < -0.4 is 16.0 Å². The predicted octanol–water partition coefficient (Wildman–Crippen LogP) is 3.18. The molecule has 0 saturated heterocycles. The van der Waals surface area contributed by atoms with Crippen LogP contribution in [0.5, 0.6) is 0 Å². The Hall–Kier alpha value is -1.76. The van der Waals surface area contributed by atoms with Crippen LogP contribution in [-0.2, 0) is 4.74 Å². The Morgan fingerprint density at radius 2 is 2.00 bits per heavy atom. The molecule has 0 radical (unpaired) electrons. The fourth-order valence-corrected chi connectivity index (χ4v) is 3.25. The van der Waals surface area contributed by atoms with Crippen LogP contribution in [0.25, 0.3) is 0 Å². The van der Waals surface area contributed by atoms with Crippen molar-refractivity contribution >= 4 is 23.4 Å². The van der Waals surface area contributed by atoms with Crippen molar-refractivity contribution in [3.8, 4) is 0 Å². The first-order valence-electron chi connectivity index (χ1n) is 8.87. The number of alkyl carbamates (subject to hydrolysis) is 1. The zero-order chi connectivity index (χ0) is 18.7. The van der Waals surface area contributed by atoms with E-state index in [1.165, 1.54) is 4.88 Å². The summed E-state index contributed by atoms with van der Waals surface area (Å²) in [6.45, 7) is 10.0. The largest absolute Gasteiger partial charge is 0.450 e. The first-order chi connectivity index (χ1) is 12.0. The van der Waals surface area contributed by atoms with Crippen molar-refractivity contribution < 1.29 is 9.53 Å². The Kier molecular flexibility index (Phi) is 9.99. The van der Waals surface area contributed by atoms with Gasteiger partial charge in [-0.2, -0.15) is 0 Å². The molecule has 1 aromatic rings. The maximum atomic E-state index is 11.7. The maximum Gasteiger partial charge on any atom is 0.407 e. The molecule has 0 aliphatic carbocycles. The van der Waals surface area contributed by atoms with Gasteiger partial charge in [-0.05, 0) is 30.7 Å². The van der Waals surface area contributed by atoms with Crippen LogP contribution in [0.3, 0.4) is 0 Å². The zero-order valence-electron chi connectivity index (χ0n) is 16.0. The Bertz CT molecular complexity index is 517. The van der Waals surface area contributed by atoms with Crippen molar-refractivity contribution in [3.05, 3.63) is 22.4 Å². The standard InChI is InChI=1S/C18H32N4O2S/c1-6-24-18(23)22-15(10-13(2)3)12-21-17(19-5)20-11-14(4)16-8-7-9-25-16/h7-9,13-15H,6,10-12H2,1-5H3,(H,22,23)(H2,19,20,21). The van der Waals surface area contributed by atoms with Gasteiger partial charge in [0.15, 0.2) is 5.96 Å². The molecule has 0 bridgehead atoms. The highest BCUT2D eigenvalue weighted by Gasteiger charge is 2.15. The van der Waals surface area contributed by atoms with Crippen LogP contribution in [0.2, 0.25) is 0 Å². The van der Waals surface area contributed by atoms with Crippen molar-refractivity contribution in [2.75, 3.05) is 26.7 Å². The van der Waals surface area contributed by atoms with Gasteiger partial charge >= 0.3 is 6.09 Å². The van der Waals surface area contributed by atoms with Gasteiger partial charge in [0.1, 0.15) is 0 Å². The number of amides is 1. The summed E-state index contributed by atoms with van der Waals surface area (Å²) in [4.78, 5) is 17.3. The maximum absolute atomic E-state index is 11.7. The van der Waals surface area contributed by atoms with Gasteiger partial charge in [0.2, 0.25) is 0 Å². The SMILES string of the molecule is CCOC(=O)NC(CNC(=NC)NCC(C)c1cccs1)CC(C)C. The lowest BCUT2D eigenvalue weighted by Gasteiger charge is -2.22. The van der Waals surface area contributed by atoms with E-state index in [4.69, 9.17) is 4.74 Å². The zero-order valence-corrected chi connectivity index (χ0v) is 16.8. The average molecular weight is 369 g/mol. The minimum atomic E-state index is -0.371. The number of hydrogen-bond donors (Lipinski definition) is 3. The molecule has 0 aromatic carbocycles. The molecular formula is C18H32N4O2S. The lowest BCUT2D eigenvalue weighted by atomic mass is 10.0. The number of aliphatic imine (C=N–C) groups is 1. The van der Waals surface area contributed by atoms with Gasteiger partial charge in [0.25, 0.3) is 0 Å². The van der Waals surface area contributed by atoms with Crippen LogP contribution in [0.15, 0.2) is 22.5 Å². The van der Waals surface area contributed by atoms with Gasteiger partial charge in [-0.3, -0.25) is 4.99 Å². The molecule has 7 heteroatoms. The highest BCUT2D eigenvalue weighted by molar-refractivity contribution is 7.10. The molecule has 6 nitrogen and oxygen atoms in total. The number of rotatable bonds is 9. The third-order valence-corrected chi connectivity index (χ3v) is 4.80.